The van der Waals surface area contributed by atoms with E-state index in [4.69, 9.17) is 6.42 Å². The van der Waals surface area contributed by atoms with E-state index in [2.05, 4.69) is 20.6 Å². The van der Waals surface area contributed by atoms with Gasteiger partial charge in [-0.15, -0.1) is 6.42 Å². The molecule has 0 spiro atoms. The van der Waals surface area contributed by atoms with Crippen molar-refractivity contribution in [2.45, 2.75) is 0 Å². The van der Waals surface area contributed by atoms with Crippen LogP contribution >= 0.6 is 0 Å². The molecule has 0 bridgehead atoms. The summed E-state index contributed by atoms with van der Waals surface area (Å²) in [6.45, 7) is 0.362. The zero-order chi connectivity index (χ0) is 11.3. The first-order valence-corrected chi connectivity index (χ1v) is 4.23. The van der Waals surface area contributed by atoms with E-state index in [-0.39, 0.29) is 0 Å². The predicted octanol–water partition coefficient (Wildman–Crippen LogP) is 0.333. The number of aromatic nitrogens is 2. The summed E-state index contributed by atoms with van der Waals surface area (Å²) < 4.78 is 4.61. The number of hydrogen-bond donors (Lipinski definition) is 0. The monoisotopic (exact) mass is 205 g/mol. The number of carbonyl (C=O) groups excluding carboxylic acids is 1. The maximum Gasteiger partial charge on any atom is 0.343 e. The molecule has 0 aliphatic carbocycles. The van der Waals surface area contributed by atoms with Crippen LogP contribution in [0.4, 0.5) is 5.82 Å². The van der Waals surface area contributed by atoms with Crippen LogP contribution in [0.1, 0.15) is 10.4 Å². The van der Waals surface area contributed by atoms with Gasteiger partial charge in [0.1, 0.15) is 17.7 Å². The molecule has 78 valence electrons. The largest absolute Gasteiger partial charge is 0.465 e. The van der Waals surface area contributed by atoms with Crippen molar-refractivity contribution in [3.8, 4) is 12.3 Å². The fourth-order valence-electron chi connectivity index (χ4n) is 1.09. The van der Waals surface area contributed by atoms with Crippen molar-refractivity contribution in [1.82, 2.24) is 9.97 Å². The van der Waals surface area contributed by atoms with Gasteiger partial charge in [-0.2, -0.15) is 0 Å². The van der Waals surface area contributed by atoms with Gasteiger partial charge in [-0.05, 0) is 0 Å². The summed E-state index contributed by atoms with van der Waals surface area (Å²) in [5.74, 6) is 2.45. The van der Waals surface area contributed by atoms with E-state index in [1.54, 1.807) is 11.9 Å². The molecule has 5 heteroatoms. The summed E-state index contributed by atoms with van der Waals surface area (Å²) in [6.07, 6.45) is 7.93. The second-order valence-corrected chi connectivity index (χ2v) is 2.81. The summed E-state index contributed by atoms with van der Waals surface area (Å²) >= 11 is 0. The minimum atomic E-state index is -0.477. The highest BCUT2D eigenvalue weighted by atomic mass is 16.5. The van der Waals surface area contributed by atoms with E-state index < -0.39 is 5.97 Å². The van der Waals surface area contributed by atoms with Gasteiger partial charge >= 0.3 is 5.97 Å². The molecule has 0 radical (unpaired) electrons. The van der Waals surface area contributed by atoms with Crippen LogP contribution < -0.4 is 4.90 Å². The van der Waals surface area contributed by atoms with Crippen molar-refractivity contribution < 1.29 is 9.53 Å². The van der Waals surface area contributed by atoms with Crippen molar-refractivity contribution in [3.05, 3.63) is 18.1 Å². The van der Waals surface area contributed by atoms with Gasteiger partial charge in [0.25, 0.3) is 0 Å². The number of nitrogens with zero attached hydrogens (tertiary/aromatic N) is 3. The molecule has 0 amide bonds. The van der Waals surface area contributed by atoms with Gasteiger partial charge in [-0.3, -0.25) is 0 Å². The smallest absolute Gasteiger partial charge is 0.343 e. The molecule has 0 aliphatic rings. The lowest BCUT2D eigenvalue weighted by Crippen LogP contribution is -2.22. The van der Waals surface area contributed by atoms with Gasteiger partial charge < -0.3 is 9.64 Å². The summed E-state index contributed by atoms with van der Waals surface area (Å²) in [6, 6.07) is 0. The number of hydrogen-bond acceptors (Lipinski definition) is 5. The number of ether oxygens (including phenoxy) is 1. The predicted molar refractivity (Wildman–Crippen MR) is 55.5 cm³/mol. The molecule has 1 heterocycles. The van der Waals surface area contributed by atoms with Crippen LogP contribution in [0, 0.1) is 12.3 Å². The molecule has 0 aromatic carbocycles. The summed E-state index contributed by atoms with van der Waals surface area (Å²) in [7, 11) is 3.05. The molecule has 15 heavy (non-hydrogen) atoms. The Bertz CT molecular complexity index is 398. The maximum atomic E-state index is 11.4. The molecule has 0 saturated heterocycles. The van der Waals surface area contributed by atoms with Crippen LogP contribution in [-0.4, -0.2) is 36.6 Å². The van der Waals surface area contributed by atoms with E-state index >= 15 is 0 Å². The fourth-order valence-corrected chi connectivity index (χ4v) is 1.09. The van der Waals surface area contributed by atoms with Crippen LogP contribution in [0.15, 0.2) is 12.5 Å². The summed E-state index contributed by atoms with van der Waals surface area (Å²) in [5.41, 5.74) is 0.303. The van der Waals surface area contributed by atoms with Crippen LogP contribution in [0.5, 0.6) is 0 Å². The number of anilines is 1. The summed E-state index contributed by atoms with van der Waals surface area (Å²) in [4.78, 5) is 20.8. The summed E-state index contributed by atoms with van der Waals surface area (Å²) in [5, 5.41) is 0. The first-order valence-electron chi connectivity index (χ1n) is 4.23. The van der Waals surface area contributed by atoms with E-state index in [1.165, 1.54) is 19.6 Å². The Morgan fingerprint density at radius 1 is 1.73 bits per heavy atom. The van der Waals surface area contributed by atoms with E-state index in [0.29, 0.717) is 17.9 Å². The fraction of sp³-hybridized carbons (Fsp3) is 0.300. The van der Waals surface area contributed by atoms with Crippen molar-refractivity contribution in [2.75, 3.05) is 25.6 Å². The van der Waals surface area contributed by atoms with Crippen molar-refractivity contribution in [2.24, 2.45) is 0 Å². The van der Waals surface area contributed by atoms with Gasteiger partial charge in [0.15, 0.2) is 0 Å². The van der Waals surface area contributed by atoms with Gasteiger partial charge in [-0.1, -0.05) is 5.92 Å². The normalized spacial score (nSPS) is 9.13. The third-order valence-corrected chi connectivity index (χ3v) is 1.79. The Balaban J connectivity index is 3.07. The van der Waals surface area contributed by atoms with E-state index in [0.717, 1.165) is 0 Å². The lowest BCUT2D eigenvalue weighted by molar-refractivity contribution is 0.0600. The first kappa shape index (κ1) is 11.0. The Morgan fingerprint density at radius 3 is 3.07 bits per heavy atom. The molecular weight excluding hydrogens is 194 g/mol. The van der Waals surface area contributed by atoms with Crippen LogP contribution in [0.2, 0.25) is 0 Å². The first-order chi connectivity index (χ1) is 7.20. The quantitative estimate of drug-likeness (QED) is 0.526. The number of esters is 1. The standard InChI is InChI=1S/C10H11N3O2/c1-4-5-13(2)9-8(10(14)15-3)6-11-7-12-9/h1,6-7H,5H2,2-3H3. The van der Waals surface area contributed by atoms with E-state index in [9.17, 15) is 4.79 Å². The topological polar surface area (TPSA) is 55.3 Å². The SMILES string of the molecule is C#CCN(C)c1ncncc1C(=O)OC. The Hall–Kier alpha value is -2.09. The molecule has 0 aliphatic heterocycles. The highest BCUT2D eigenvalue weighted by molar-refractivity contribution is 5.94. The number of terminal acetylenes is 1. The Morgan fingerprint density at radius 2 is 2.47 bits per heavy atom. The molecule has 0 N–H and O–H groups in total. The second kappa shape index (κ2) is 4.96. The third kappa shape index (κ3) is 2.44. The van der Waals surface area contributed by atoms with Gasteiger partial charge in [0, 0.05) is 13.2 Å². The van der Waals surface area contributed by atoms with Crippen molar-refractivity contribution >= 4 is 11.8 Å². The number of methoxy groups -OCH3 is 1. The van der Waals surface area contributed by atoms with Gasteiger partial charge in [-0.25, -0.2) is 14.8 Å². The zero-order valence-electron chi connectivity index (χ0n) is 8.60. The second-order valence-electron chi connectivity index (χ2n) is 2.81. The molecule has 0 saturated carbocycles. The average molecular weight is 205 g/mol. The van der Waals surface area contributed by atoms with Crippen molar-refractivity contribution in [1.29, 1.82) is 0 Å². The molecule has 1 rings (SSSR count). The lowest BCUT2D eigenvalue weighted by Gasteiger charge is -2.16. The van der Waals surface area contributed by atoms with Crippen LogP contribution in [0.25, 0.3) is 0 Å². The highest BCUT2D eigenvalue weighted by Crippen LogP contribution is 2.14. The number of rotatable bonds is 3. The molecule has 0 unspecified atom stereocenters. The third-order valence-electron chi connectivity index (χ3n) is 1.79. The van der Waals surface area contributed by atoms with Gasteiger partial charge in [0.05, 0.1) is 13.7 Å². The van der Waals surface area contributed by atoms with Crippen molar-refractivity contribution in [3.63, 3.8) is 0 Å². The molecule has 1 aromatic rings. The molecule has 1 aromatic heterocycles. The minimum absolute atomic E-state index is 0.303. The van der Waals surface area contributed by atoms with Crippen LogP contribution in [0.3, 0.4) is 0 Å². The maximum absolute atomic E-state index is 11.4. The lowest BCUT2D eigenvalue weighted by atomic mass is 10.3. The highest BCUT2D eigenvalue weighted by Gasteiger charge is 2.15. The Kier molecular flexibility index (Phi) is 3.63. The van der Waals surface area contributed by atoms with Crippen LogP contribution in [-0.2, 0) is 4.74 Å². The molecule has 0 atom stereocenters. The molecule has 5 nitrogen and oxygen atoms in total. The van der Waals surface area contributed by atoms with Gasteiger partial charge in [0.2, 0.25) is 0 Å². The molecule has 0 fully saturated rings. The minimum Gasteiger partial charge on any atom is -0.465 e. The number of carbonyl (C=O) groups is 1. The average Bonchev–Trinajstić information content (AvgIpc) is 2.28. The molecular formula is C10H11N3O2. The Labute approximate surface area is 88.1 Å². The van der Waals surface area contributed by atoms with E-state index in [1.807, 2.05) is 0 Å². The zero-order valence-corrected chi connectivity index (χ0v) is 8.60.